The van der Waals surface area contributed by atoms with E-state index in [9.17, 15) is 14.4 Å². The maximum Gasteiger partial charge on any atom is 0.325 e. The molecule has 1 fully saturated rings. The van der Waals surface area contributed by atoms with Crippen molar-refractivity contribution in [3.63, 3.8) is 0 Å². The van der Waals surface area contributed by atoms with Crippen LogP contribution in [0.15, 0.2) is 36.4 Å². The van der Waals surface area contributed by atoms with Gasteiger partial charge in [0.25, 0.3) is 5.91 Å². The molecule has 0 saturated carbocycles. The van der Waals surface area contributed by atoms with Crippen LogP contribution in [0, 0.1) is 13.8 Å². The molecule has 27 heavy (non-hydrogen) atoms. The Morgan fingerprint density at radius 2 is 1.81 bits per heavy atom. The normalized spacial score (nSPS) is 19.5. The van der Waals surface area contributed by atoms with Crippen LogP contribution in [0.2, 0.25) is 0 Å². The number of imide groups is 1. The third kappa shape index (κ3) is 3.52. The molecule has 0 bridgehead atoms. The predicted molar refractivity (Wildman–Crippen MR) is 103 cm³/mol. The Morgan fingerprint density at radius 1 is 1.15 bits per heavy atom. The van der Waals surface area contributed by atoms with Crippen molar-refractivity contribution in [1.82, 2.24) is 14.8 Å². The lowest BCUT2D eigenvalue weighted by Gasteiger charge is -2.21. The number of urea groups is 1. The largest absolute Gasteiger partial charge is 0.351 e. The number of Topliss-reactive ketones (excluding diaryl/α,β-unsaturated/α-hetero) is 1. The number of aryl methyl sites for hydroxylation is 2. The highest BCUT2D eigenvalue weighted by molar-refractivity contribution is 6.11. The van der Waals surface area contributed by atoms with Gasteiger partial charge >= 0.3 is 6.03 Å². The minimum Gasteiger partial charge on any atom is -0.351 e. The van der Waals surface area contributed by atoms with Crippen LogP contribution >= 0.6 is 0 Å². The fourth-order valence-electron chi connectivity index (χ4n) is 3.47. The highest BCUT2D eigenvalue weighted by Gasteiger charge is 2.47. The molecule has 142 valence electrons. The number of aromatic nitrogens is 1. The molecule has 3 amide bonds. The number of nitrogens with one attached hydrogen (secondary N) is 1. The number of rotatable bonds is 6. The summed E-state index contributed by atoms with van der Waals surface area (Å²) in [5.74, 6) is -0.575. The molecule has 2 aromatic rings. The average Bonchev–Trinajstić information content (AvgIpc) is 3.03. The van der Waals surface area contributed by atoms with E-state index in [2.05, 4.69) is 5.32 Å². The van der Waals surface area contributed by atoms with Crippen molar-refractivity contribution in [3.8, 4) is 0 Å². The van der Waals surface area contributed by atoms with E-state index in [4.69, 9.17) is 0 Å². The topological polar surface area (TPSA) is 71.4 Å². The fraction of sp³-hybridized carbons (Fsp3) is 0.381. The summed E-state index contributed by atoms with van der Waals surface area (Å²) >= 11 is 0. The van der Waals surface area contributed by atoms with Crippen LogP contribution in [-0.4, -0.2) is 39.3 Å². The smallest absolute Gasteiger partial charge is 0.325 e. The second kappa shape index (κ2) is 7.02. The zero-order valence-corrected chi connectivity index (χ0v) is 16.2. The molecular formula is C21H25N3O3. The molecule has 0 unspecified atom stereocenters. The van der Waals surface area contributed by atoms with E-state index in [1.54, 1.807) is 13.0 Å². The quantitative estimate of drug-likeness (QED) is 0.630. The SMILES string of the molecule is Cc1cc(C(=O)CN2C(=O)N[C@](C)(CCc3ccccc3)C2=O)c(C)n1C. The number of amides is 3. The van der Waals surface area contributed by atoms with Crippen LogP contribution in [-0.2, 0) is 18.3 Å². The van der Waals surface area contributed by atoms with Gasteiger partial charge in [0.1, 0.15) is 5.54 Å². The summed E-state index contributed by atoms with van der Waals surface area (Å²) in [5.41, 5.74) is 2.45. The first-order chi connectivity index (χ1) is 12.7. The summed E-state index contributed by atoms with van der Waals surface area (Å²) in [6, 6.07) is 11.1. The van der Waals surface area contributed by atoms with E-state index in [0.717, 1.165) is 21.9 Å². The molecule has 1 N–H and O–H groups in total. The van der Waals surface area contributed by atoms with Crippen LogP contribution in [0.4, 0.5) is 4.79 Å². The van der Waals surface area contributed by atoms with Gasteiger partial charge in [0.15, 0.2) is 5.78 Å². The Hall–Kier alpha value is -2.89. The lowest BCUT2D eigenvalue weighted by atomic mass is 9.93. The molecule has 1 aliphatic rings. The van der Waals surface area contributed by atoms with E-state index < -0.39 is 11.6 Å². The van der Waals surface area contributed by atoms with Gasteiger partial charge in [-0.1, -0.05) is 30.3 Å². The Morgan fingerprint density at radius 3 is 2.41 bits per heavy atom. The van der Waals surface area contributed by atoms with Gasteiger partial charge in [-0.2, -0.15) is 0 Å². The molecule has 1 aromatic heterocycles. The zero-order chi connectivity index (χ0) is 19.8. The molecule has 1 saturated heterocycles. The highest BCUT2D eigenvalue weighted by atomic mass is 16.2. The summed E-state index contributed by atoms with van der Waals surface area (Å²) in [7, 11) is 1.88. The lowest BCUT2D eigenvalue weighted by Crippen LogP contribution is -2.44. The average molecular weight is 367 g/mol. The maximum absolute atomic E-state index is 12.9. The molecule has 2 heterocycles. The molecule has 1 aromatic carbocycles. The molecule has 1 atom stereocenters. The number of hydrogen-bond acceptors (Lipinski definition) is 3. The molecular weight excluding hydrogens is 342 g/mol. The van der Waals surface area contributed by atoms with E-state index in [1.807, 2.05) is 55.8 Å². The van der Waals surface area contributed by atoms with E-state index in [0.29, 0.717) is 18.4 Å². The van der Waals surface area contributed by atoms with E-state index in [1.165, 1.54) is 0 Å². The lowest BCUT2D eigenvalue weighted by molar-refractivity contribution is -0.130. The Balaban J connectivity index is 1.71. The molecule has 0 spiro atoms. The monoisotopic (exact) mass is 367 g/mol. The summed E-state index contributed by atoms with van der Waals surface area (Å²) in [6.07, 6.45) is 1.15. The van der Waals surface area contributed by atoms with Gasteiger partial charge in [-0.25, -0.2) is 4.79 Å². The molecule has 6 heteroatoms. The number of carbonyl (C=O) groups excluding carboxylic acids is 3. The number of nitrogens with zero attached hydrogens (tertiary/aromatic N) is 2. The number of hydrogen-bond donors (Lipinski definition) is 1. The standard InChI is InChI=1S/C21H25N3O3/c1-14-12-17(15(2)23(14)4)18(25)13-24-19(26)21(3,22-20(24)27)11-10-16-8-6-5-7-9-16/h5-9,12H,10-11,13H2,1-4H3,(H,22,27)/t21-/m1/s1. The molecule has 3 rings (SSSR count). The van der Waals surface area contributed by atoms with Crippen molar-refractivity contribution in [1.29, 1.82) is 0 Å². The van der Waals surface area contributed by atoms with Gasteiger partial charge in [0, 0.05) is 24.0 Å². The first-order valence-corrected chi connectivity index (χ1v) is 9.07. The molecule has 6 nitrogen and oxygen atoms in total. The summed E-state index contributed by atoms with van der Waals surface area (Å²) in [6.45, 7) is 5.25. The van der Waals surface area contributed by atoms with Crippen LogP contribution < -0.4 is 5.32 Å². The van der Waals surface area contributed by atoms with Gasteiger partial charge in [0.05, 0.1) is 6.54 Å². The van der Waals surface area contributed by atoms with Gasteiger partial charge in [-0.15, -0.1) is 0 Å². The Labute approximate surface area is 159 Å². The fourth-order valence-corrected chi connectivity index (χ4v) is 3.47. The third-order valence-electron chi connectivity index (χ3n) is 5.48. The van der Waals surface area contributed by atoms with Gasteiger partial charge in [0.2, 0.25) is 0 Å². The number of benzene rings is 1. The van der Waals surface area contributed by atoms with Crippen LogP contribution in [0.25, 0.3) is 0 Å². The first-order valence-electron chi connectivity index (χ1n) is 9.07. The summed E-state index contributed by atoms with van der Waals surface area (Å²) < 4.78 is 1.92. The maximum atomic E-state index is 12.9. The Bertz CT molecular complexity index is 901. The van der Waals surface area contributed by atoms with Gasteiger partial charge < -0.3 is 9.88 Å². The van der Waals surface area contributed by atoms with Crippen molar-refractivity contribution in [3.05, 3.63) is 58.9 Å². The highest BCUT2D eigenvalue weighted by Crippen LogP contribution is 2.24. The number of carbonyl (C=O) groups is 3. The number of ketones is 1. The third-order valence-corrected chi connectivity index (χ3v) is 5.48. The molecule has 0 aliphatic carbocycles. The van der Waals surface area contributed by atoms with Gasteiger partial charge in [-0.05, 0) is 45.2 Å². The molecule has 0 radical (unpaired) electrons. The van der Waals surface area contributed by atoms with Crippen molar-refractivity contribution in [2.75, 3.05) is 6.54 Å². The minimum absolute atomic E-state index is 0.230. The van der Waals surface area contributed by atoms with Crippen molar-refractivity contribution in [2.45, 2.75) is 39.2 Å². The van der Waals surface area contributed by atoms with Crippen LogP contribution in [0.1, 0.15) is 40.7 Å². The predicted octanol–water partition coefficient (Wildman–Crippen LogP) is 2.77. The summed E-state index contributed by atoms with van der Waals surface area (Å²) in [4.78, 5) is 39.0. The van der Waals surface area contributed by atoms with E-state index >= 15 is 0 Å². The molecule has 1 aliphatic heterocycles. The zero-order valence-electron chi connectivity index (χ0n) is 16.2. The second-order valence-electron chi connectivity index (χ2n) is 7.41. The van der Waals surface area contributed by atoms with Crippen molar-refractivity contribution < 1.29 is 14.4 Å². The Kier molecular flexibility index (Phi) is 4.91. The minimum atomic E-state index is -0.991. The van der Waals surface area contributed by atoms with Crippen molar-refractivity contribution in [2.24, 2.45) is 7.05 Å². The summed E-state index contributed by atoms with van der Waals surface area (Å²) in [5, 5.41) is 2.77. The van der Waals surface area contributed by atoms with Crippen molar-refractivity contribution >= 4 is 17.7 Å². The van der Waals surface area contributed by atoms with Crippen LogP contribution in [0.3, 0.4) is 0 Å². The van der Waals surface area contributed by atoms with Crippen LogP contribution in [0.5, 0.6) is 0 Å². The van der Waals surface area contributed by atoms with E-state index in [-0.39, 0.29) is 18.2 Å². The van der Waals surface area contributed by atoms with Gasteiger partial charge in [-0.3, -0.25) is 14.5 Å². The second-order valence-corrected chi connectivity index (χ2v) is 7.41. The first kappa shape index (κ1) is 18.9.